The van der Waals surface area contributed by atoms with E-state index in [1.54, 1.807) is 4.90 Å². The molecule has 23 heavy (non-hydrogen) atoms. The predicted molar refractivity (Wildman–Crippen MR) is 93.2 cm³/mol. The molecule has 0 saturated carbocycles. The highest BCUT2D eigenvalue weighted by atomic mass is 79.9. The molecule has 0 spiro atoms. The van der Waals surface area contributed by atoms with Crippen molar-refractivity contribution in [2.75, 3.05) is 19.6 Å². The molecule has 1 aromatic rings. The van der Waals surface area contributed by atoms with E-state index in [-0.39, 0.29) is 17.9 Å². The normalized spacial score (nSPS) is 22.4. The molecule has 4 nitrogen and oxygen atoms in total. The van der Waals surface area contributed by atoms with E-state index < -0.39 is 0 Å². The van der Waals surface area contributed by atoms with E-state index in [0.29, 0.717) is 18.0 Å². The van der Waals surface area contributed by atoms with Crippen molar-refractivity contribution in [2.24, 2.45) is 5.92 Å². The number of carbonyl (C=O) groups is 2. The van der Waals surface area contributed by atoms with Crippen LogP contribution in [0.1, 0.15) is 43.0 Å². The molecule has 2 fully saturated rings. The molecule has 1 aromatic carbocycles. The number of nitrogens with zero attached hydrogens (tertiary/aromatic N) is 2. The number of halogens is 1. The molecule has 1 atom stereocenters. The number of piperidine rings is 1. The third kappa shape index (κ3) is 3.44. The minimum Gasteiger partial charge on any atom is -0.341 e. The van der Waals surface area contributed by atoms with E-state index in [1.807, 2.05) is 29.2 Å². The summed E-state index contributed by atoms with van der Waals surface area (Å²) in [6, 6.07) is 7.14. The van der Waals surface area contributed by atoms with Crippen LogP contribution in [0.3, 0.4) is 0 Å². The molecule has 2 amide bonds. The lowest BCUT2D eigenvalue weighted by Crippen LogP contribution is -2.49. The molecular weight excluding hydrogens is 356 g/mol. The van der Waals surface area contributed by atoms with Crippen LogP contribution in [-0.4, -0.2) is 47.3 Å². The van der Waals surface area contributed by atoms with Gasteiger partial charge in [-0.1, -0.05) is 19.1 Å². The topological polar surface area (TPSA) is 40.6 Å². The van der Waals surface area contributed by atoms with E-state index in [0.717, 1.165) is 43.2 Å². The van der Waals surface area contributed by atoms with E-state index in [2.05, 4.69) is 22.9 Å². The quantitative estimate of drug-likeness (QED) is 0.791. The zero-order valence-electron chi connectivity index (χ0n) is 13.5. The largest absolute Gasteiger partial charge is 0.341 e. The summed E-state index contributed by atoms with van der Waals surface area (Å²) in [4.78, 5) is 29.4. The van der Waals surface area contributed by atoms with Crippen LogP contribution in [0.2, 0.25) is 0 Å². The summed E-state index contributed by atoms with van der Waals surface area (Å²) < 4.78 is 0.787. The van der Waals surface area contributed by atoms with E-state index in [4.69, 9.17) is 0 Å². The fourth-order valence-electron chi connectivity index (χ4n) is 3.50. The SMILES string of the molecule is CC1CCN(C(=O)[C@@H]2CCCN2C(=O)c2ccccc2Br)CC1. The molecule has 2 heterocycles. The number of hydrogen-bond acceptors (Lipinski definition) is 2. The third-order valence-electron chi connectivity index (χ3n) is 5.00. The summed E-state index contributed by atoms with van der Waals surface area (Å²) in [5.74, 6) is 0.786. The van der Waals surface area contributed by atoms with E-state index in [9.17, 15) is 9.59 Å². The van der Waals surface area contributed by atoms with Crippen LogP contribution in [-0.2, 0) is 4.79 Å². The maximum absolute atomic E-state index is 12.9. The fraction of sp³-hybridized carbons (Fsp3) is 0.556. The molecular formula is C18H23BrN2O2. The minimum atomic E-state index is -0.289. The van der Waals surface area contributed by atoms with Gasteiger partial charge in [-0.3, -0.25) is 9.59 Å². The second-order valence-corrected chi connectivity index (χ2v) is 7.50. The van der Waals surface area contributed by atoms with Crippen LogP contribution in [0.4, 0.5) is 0 Å². The van der Waals surface area contributed by atoms with Crippen LogP contribution < -0.4 is 0 Å². The molecule has 3 rings (SSSR count). The number of hydrogen-bond donors (Lipinski definition) is 0. The third-order valence-corrected chi connectivity index (χ3v) is 5.69. The zero-order valence-corrected chi connectivity index (χ0v) is 15.1. The van der Waals surface area contributed by atoms with Crippen molar-refractivity contribution in [3.8, 4) is 0 Å². The Morgan fingerprint density at radius 3 is 2.48 bits per heavy atom. The van der Waals surface area contributed by atoms with Crippen LogP contribution in [0, 0.1) is 5.92 Å². The highest BCUT2D eigenvalue weighted by Gasteiger charge is 2.37. The van der Waals surface area contributed by atoms with Crippen LogP contribution in [0.15, 0.2) is 28.7 Å². The average Bonchev–Trinajstić information content (AvgIpc) is 3.04. The lowest BCUT2D eigenvalue weighted by molar-refractivity contribution is -0.136. The Bertz CT molecular complexity index is 596. The number of rotatable bonds is 2. The fourth-order valence-corrected chi connectivity index (χ4v) is 3.95. The van der Waals surface area contributed by atoms with Gasteiger partial charge in [0, 0.05) is 24.1 Å². The summed E-state index contributed by atoms with van der Waals surface area (Å²) in [6.07, 6.45) is 3.81. The average molecular weight is 379 g/mol. The van der Waals surface area contributed by atoms with Crippen molar-refractivity contribution in [3.05, 3.63) is 34.3 Å². The molecule has 2 saturated heterocycles. The smallest absolute Gasteiger partial charge is 0.255 e. The van der Waals surface area contributed by atoms with Crippen molar-refractivity contribution in [2.45, 2.75) is 38.6 Å². The Kier molecular flexibility index (Phi) is 5.05. The zero-order chi connectivity index (χ0) is 16.4. The Hall–Kier alpha value is -1.36. The van der Waals surface area contributed by atoms with Crippen molar-refractivity contribution >= 4 is 27.7 Å². The van der Waals surface area contributed by atoms with Gasteiger partial charge in [0.05, 0.1) is 5.56 Å². The van der Waals surface area contributed by atoms with Gasteiger partial charge in [-0.25, -0.2) is 0 Å². The number of carbonyl (C=O) groups excluding carboxylic acids is 2. The van der Waals surface area contributed by atoms with Gasteiger partial charge < -0.3 is 9.80 Å². The molecule has 0 N–H and O–H groups in total. The van der Waals surface area contributed by atoms with Gasteiger partial charge in [0.15, 0.2) is 0 Å². The summed E-state index contributed by atoms with van der Waals surface area (Å²) in [6.45, 7) is 4.56. The Labute approximate surface area is 146 Å². The van der Waals surface area contributed by atoms with Gasteiger partial charge in [0.2, 0.25) is 5.91 Å². The highest BCUT2D eigenvalue weighted by molar-refractivity contribution is 9.10. The summed E-state index contributed by atoms with van der Waals surface area (Å²) >= 11 is 3.44. The van der Waals surface area contributed by atoms with Crippen molar-refractivity contribution in [1.82, 2.24) is 9.80 Å². The molecule has 0 aromatic heterocycles. The lowest BCUT2D eigenvalue weighted by atomic mass is 9.98. The summed E-state index contributed by atoms with van der Waals surface area (Å²) in [5, 5.41) is 0. The first-order valence-corrected chi connectivity index (χ1v) is 9.21. The first kappa shape index (κ1) is 16.5. The highest BCUT2D eigenvalue weighted by Crippen LogP contribution is 2.26. The van der Waals surface area contributed by atoms with E-state index >= 15 is 0 Å². The second kappa shape index (κ2) is 7.04. The van der Waals surface area contributed by atoms with Gasteiger partial charge in [-0.15, -0.1) is 0 Å². The molecule has 124 valence electrons. The van der Waals surface area contributed by atoms with Crippen LogP contribution >= 0.6 is 15.9 Å². The standard InChI is InChI=1S/C18H23BrN2O2/c1-13-8-11-20(12-9-13)18(23)16-7-4-10-21(16)17(22)14-5-2-3-6-15(14)19/h2-3,5-6,13,16H,4,7-12H2,1H3/t16-/m0/s1. The lowest BCUT2D eigenvalue weighted by Gasteiger charge is -2.34. The number of likely N-dealkylation sites (tertiary alicyclic amines) is 2. The van der Waals surface area contributed by atoms with Crippen LogP contribution in [0.25, 0.3) is 0 Å². The molecule has 0 unspecified atom stereocenters. The molecule has 2 aliphatic heterocycles. The van der Waals surface area contributed by atoms with Gasteiger partial charge in [0.1, 0.15) is 6.04 Å². The number of amides is 2. The van der Waals surface area contributed by atoms with Crippen molar-refractivity contribution in [3.63, 3.8) is 0 Å². The van der Waals surface area contributed by atoms with Crippen molar-refractivity contribution < 1.29 is 9.59 Å². The second-order valence-electron chi connectivity index (χ2n) is 6.64. The molecule has 2 aliphatic rings. The Balaban J connectivity index is 1.74. The Morgan fingerprint density at radius 2 is 1.78 bits per heavy atom. The molecule has 0 aliphatic carbocycles. The van der Waals surface area contributed by atoms with E-state index in [1.165, 1.54) is 0 Å². The van der Waals surface area contributed by atoms with Crippen molar-refractivity contribution in [1.29, 1.82) is 0 Å². The predicted octanol–water partition coefficient (Wildman–Crippen LogP) is 3.31. The summed E-state index contributed by atoms with van der Waals surface area (Å²) in [5.41, 5.74) is 0.638. The van der Waals surface area contributed by atoms with Gasteiger partial charge in [-0.05, 0) is 59.7 Å². The first-order valence-electron chi connectivity index (χ1n) is 8.42. The molecule has 0 bridgehead atoms. The minimum absolute atomic E-state index is 0.0429. The number of benzene rings is 1. The maximum atomic E-state index is 12.9. The van der Waals surface area contributed by atoms with Gasteiger partial charge in [0.25, 0.3) is 5.91 Å². The monoisotopic (exact) mass is 378 g/mol. The summed E-state index contributed by atoms with van der Waals surface area (Å²) in [7, 11) is 0. The van der Waals surface area contributed by atoms with Gasteiger partial charge in [-0.2, -0.15) is 0 Å². The molecule has 5 heteroatoms. The van der Waals surface area contributed by atoms with Gasteiger partial charge >= 0.3 is 0 Å². The molecule has 0 radical (unpaired) electrons. The Morgan fingerprint density at radius 1 is 1.09 bits per heavy atom. The van der Waals surface area contributed by atoms with Crippen LogP contribution in [0.5, 0.6) is 0 Å². The first-order chi connectivity index (χ1) is 11.1. The maximum Gasteiger partial charge on any atom is 0.255 e.